The van der Waals surface area contributed by atoms with Crippen LogP contribution in [0.3, 0.4) is 0 Å². The van der Waals surface area contributed by atoms with Crippen molar-refractivity contribution >= 4 is 21.9 Å². The molecular weight excluding hydrogens is 248 g/mol. The molecule has 0 atom stereocenters. The number of nitrogens with zero attached hydrogens (tertiary/aromatic N) is 2. The molecular formula is C9H11BrN2O2. The molecule has 0 radical (unpaired) electrons. The molecule has 0 saturated heterocycles. The van der Waals surface area contributed by atoms with Crippen LogP contribution in [0, 0.1) is 6.92 Å². The van der Waals surface area contributed by atoms with Gasteiger partial charge in [-0.1, -0.05) is 0 Å². The minimum absolute atomic E-state index is 0.201. The highest BCUT2D eigenvalue weighted by atomic mass is 79.9. The maximum atomic E-state index is 11.5. The Bertz CT molecular complexity index is 363. The second-order valence-electron chi connectivity index (χ2n) is 3.53. The lowest BCUT2D eigenvalue weighted by atomic mass is 10.3. The molecule has 0 aromatic carbocycles. The molecule has 76 valence electrons. The summed E-state index contributed by atoms with van der Waals surface area (Å²) in [6.45, 7) is 1.90. The molecule has 0 bridgehead atoms. The van der Waals surface area contributed by atoms with E-state index in [0.29, 0.717) is 0 Å². The highest BCUT2D eigenvalue weighted by molar-refractivity contribution is 9.10. The van der Waals surface area contributed by atoms with Gasteiger partial charge in [0.25, 0.3) is 0 Å². The van der Waals surface area contributed by atoms with E-state index in [-0.39, 0.29) is 5.97 Å². The van der Waals surface area contributed by atoms with Crippen LogP contribution < -0.4 is 0 Å². The van der Waals surface area contributed by atoms with E-state index in [9.17, 15) is 4.79 Å². The highest BCUT2D eigenvalue weighted by Crippen LogP contribution is 2.44. The number of ether oxygens (including phenoxy) is 1. The quantitative estimate of drug-likeness (QED) is 0.758. The number of aryl methyl sites for hydroxylation is 1. The lowest BCUT2D eigenvalue weighted by molar-refractivity contribution is -0.146. The fourth-order valence-corrected chi connectivity index (χ4v) is 1.77. The Morgan fingerprint density at radius 3 is 2.71 bits per heavy atom. The van der Waals surface area contributed by atoms with Gasteiger partial charge in [0.2, 0.25) is 0 Å². The molecule has 1 heterocycles. The maximum absolute atomic E-state index is 11.5. The van der Waals surface area contributed by atoms with Gasteiger partial charge >= 0.3 is 5.97 Å². The van der Waals surface area contributed by atoms with E-state index in [1.807, 2.05) is 13.1 Å². The summed E-state index contributed by atoms with van der Waals surface area (Å²) in [5.41, 5.74) is 0.367. The van der Waals surface area contributed by atoms with Crippen LogP contribution in [0.25, 0.3) is 0 Å². The molecule has 0 amide bonds. The maximum Gasteiger partial charge on any atom is 0.333 e. The Balaban J connectivity index is 2.35. The highest BCUT2D eigenvalue weighted by Gasteiger charge is 2.54. The van der Waals surface area contributed by atoms with Crippen molar-refractivity contribution in [3.63, 3.8) is 0 Å². The topological polar surface area (TPSA) is 44.1 Å². The summed E-state index contributed by atoms with van der Waals surface area (Å²) in [7, 11) is 1.41. The van der Waals surface area contributed by atoms with Crippen LogP contribution in [0.15, 0.2) is 10.7 Å². The minimum atomic E-state index is -0.522. The van der Waals surface area contributed by atoms with Crippen molar-refractivity contribution in [3.05, 3.63) is 16.4 Å². The SMILES string of the molecule is COC(=O)C1(n2cc(Br)c(C)n2)CC1. The van der Waals surface area contributed by atoms with Gasteiger partial charge < -0.3 is 4.74 Å². The first-order valence-electron chi connectivity index (χ1n) is 4.41. The molecule has 4 nitrogen and oxygen atoms in total. The standard InChI is InChI=1S/C9H11BrN2O2/c1-6-7(10)5-12(11-6)9(3-4-9)8(13)14-2/h5H,3-4H2,1-2H3. The van der Waals surface area contributed by atoms with Crippen LogP contribution in [-0.4, -0.2) is 22.9 Å². The Kier molecular flexibility index (Phi) is 2.14. The number of hydrogen-bond donors (Lipinski definition) is 0. The Morgan fingerprint density at radius 2 is 2.36 bits per heavy atom. The summed E-state index contributed by atoms with van der Waals surface area (Å²) < 4.78 is 7.40. The number of halogens is 1. The smallest absolute Gasteiger partial charge is 0.333 e. The van der Waals surface area contributed by atoms with E-state index in [0.717, 1.165) is 23.0 Å². The molecule has 1 saturated carbocycles. The largest absolute Gasteiger partial charge is 0.467 e. The van der Waals surface area contributed by atoms with Gasteiger partial charge in [0.15, 0.2) is 5.54 Å². The van der Waals surface area contributed by atoms with Crippen molar-refractivity contribution in [2.24, 2.45) is 0 Å². The fraction of sp³-hybridized carbons (Fsp3) is 0.556. The van der Waals surface area contributed by atoms with Crippen molar-refractivity contribution in [2.45, 2.75) is 25.3 Å². The lowest BCUT2D eigenvalue weighted by Gasteiger charge is -2.12. The van der Waals surface area contributed by atoms with E-state index < -0.39 is 5.54 Å². The summed E-state index contributed by atoms with van der Waals surface area (Å²) in [6.07, 6.45) is 3.46. The molecule has 1 aliphatic rings. The third-order valence-electron chi connectivity index (χ3n) is 2.57. The molecule has 0 spiro atoms. The lowest BCUT2D eigenvalue weighted by Crippen LogP contribution is -2.29. The van der Waals surface area contributed by atoms with Crippen molar-refractivity contribution in [1.29, 1.82) is 0 Å². The fourth-order valence-electron chi connectivity index (χ4n) is 1.49. The number of esters is 1. The van der Waals surface area contributed by atoms with Crippen LogP contribution in [0.4, 0.5) is 0 Å². The molecule has 2 rings (SSSR count). The third kappa shape index (κ3) is 1.27. The van der Waals surface area contributed by atoms with Crippen LogP contribution in [0.2, 0.25) is 0 Å². The molecule has 1 aromatic heterocycles. The van der Waals surface area contributed by atoms with Gasteiger partial charge in [-0.2, -0.15) is 5.10 Å². The molecule has 0 N–H and O–H groups in total. The van der Waals surface area contributed by atoms with E-state index in [1.54, 1.807) is 4.68 Å². The van der Waals surface area contributed by atoms with Gasteiger partial charge in [-0.15, -0.1) is 0 Å². The third-order valence-corrected chi connectivity index (χ3v) is 3.35. The van der Waals surface area contributed by atoms with E-state index >= 15 is 0 Å². The normalized spacial score (nSPS) is 17.9. The zero-order valence-corrected chi connectivity index (χ0v) is 9.67. The Hall–Kier alpha value is -0.840. The average molecular weight is 259 g/mol. The van der Waals surface area contributed by atoms with Gasteiger partial charge in [0.05, 0.1) is 17.3 Å². The van der Waals surface area contributed by atoms with Crippen LogP contribution >= 0.6 is 15.9 Å². The summed E-state index contributed by atoms with van der Waals surface area (Å²) >= 11 is 3.37. The van der Waals surface area contributed by atoms with Crippen molar-refractivity contribution in [1.82, 2.24) is 9.78 Å². The minimum Gasteiger partial charge on any atom is -0.467 e. The monoisotopic (exact) mass is 258 g/mol. The second kappa shape index (κ2) is 3.08. The first-order valence-corrected chi connectivity index (χ1v) is 5.20. The molecule has 1 aromatic rings. The molecule has 0 aliphatic heterocycles. The van der Waals surface area contributed by atoms with Crippen molar-refractivity contribution in [2.75, 3.05) is 7.11 Å². The summed E-state index contributed by atoms with van der Waals surface area (Å²) in [5.74, 6) is -0.201. The zero-order valence-electron chi connectivity index (χ0n) is 8.08. The molecule has 1 aliphatic carbocycles. The second-order valence-corrected chi connectivity index (χ2v) is 4.38. The molecule has 1 fully saturated rings. The van der Waals surface area contributed by atoms with Gasteiger partial charge in [-0.25, -0.2) is 4.79 Å². The predicted octanol–water partition coefficient (Wildman–Crippen LogP) is 1.62. The van der Waals surface area contributed by atoms with E-state index in [1.165, 1.54) is 7.11 Å². The van der Waals surface area contributed by atoms with E-state index in [2.05, 4.69) is 21.0 Å². The van der Waals surface area contributed by atoms with Gasteiger partial charge in [-0.3, -0.25) is 4.68 Å². The molecule has 14 heavy (non-hydrogen) atoms. The molecule has 0 unspecified atom stereocenters. The van der Waals surface area contributed by atoms with Gasteiger partial charge in [-0.05, 0) is 35.7 Å². The summed E-state index contributed by atoms with van der Waals surface area (Å²) in [6, 6.07) is 0. The van der Waals surface area contributed by atoms with Gasteiger partial charge in [0.1, 0.15) is 0 Å². The van der Waals surface area contributed by atoms with Gasteiger partial charge in [0, 0.05) is 6.20 Å². The molecule has 5 heteroatoms. The number of methoxy groups -OCH3 is 1. The summed E-state index contributed by atoms with van der Waals surface area (Å²) in [4.78, 5) is 11.5. The Labute approximate surface area is 90.4 Å². The Morgan fingerprint density at radius 1 is 1.71 bits per heavy atom. The van der Waals surface area contributed by atoms with Crippen molar-refractivity contribution < 1.29 is 9.53 Å². The zero-order chi connectivity index (χ0) is 10.3. The number of aromatic nitrogens is 2. The van der Waals surface area contributed by atoms with Crippen molar-refractivity contribution in [3.8, 4) is 0 Å². The first-order chi connectivity index (χ1) is 6.60. The first kappa shape index (κ1) is 9.71. The number of rotatable bonds is 2. The van der Waals surface area contributed by atoms with Crippen LogP contribution in [0.1, 0.15) is 18.5 Å². The average Bonchev–Trinajstić information content (AvgIpc) is 2.90. The number of carbonyl (C=O) groups excluding carboxylic acids is 1. The van der Waals surface area contributed by atoms with Crippen LogP contribution in [0.5, 0.6) is 0 Å². The number of hydrogen-bond acceptors (Lipinski definition) is 3. The van der Waals surface area contributed by atoms with Crippen LogP contribution in [-0.2, 0) is 15.1 Å². The summed E-state index contributed by atoms with van der Waals surface area (Å²) in [5, 5.41) is 4.28. The predicted molar refractivity (Wildman–Crippen MR) is 53.9 cm³/mol. The number of carbonyl (C=O) groups is 1. The van der Waals surface area contributed by atoms with E-state index in [4.69, 9.17) is 4.74 Å².